The van der Waals surface area contributed by atoms with Crippen molar-refractivity contribution in [1.82, 2.24) is 4.98 Å². The number of fused-ring (bicyclic) bond motifs is 1. The summed E-state index contributed by atoms with van der Waals surface area (Å²) in [4.78, 5) is 4.48. The summed E-state index contributed by atoms with van der Waals surface area (Å²) in [5.41, 5.74) is 2.52. The van der Waals surface area contributed by atoms with Crippen LogP contribution in [0.3, 0.4) is 0 Å². The molecule has 0 aliphatic carbocycles. The van der Waals surface area contributed by atoms with E-state index >= 15 is 0 Å². The predicted molar refractivity (Wildman–Crippen MR) is 81.7 cm³/mol. The SMILES string of the molecule is Cc1cc(F)cc(Nc2nc3cc(Br)ccc3s2)c1. The first-order valence-electron chi connectivity index (χ1n) is 5.70. The average Bonchev–Trinajstić information content (AvgIpc) is 2.68. The fourth-order valence-electron chi connectivity index (χ4n) is 1.89. The van der Waals surface area contributed by atoms with Gasteiger partial charge in [0, 0.05) is 10.2 Å². The molecule has 3 rings (SSSR count). The quantitative estimate of drug-likeness (QED) is 0.691. The zero-order valence-corrected chi connectivity index (χ0v) is 12.5. The average molecular weight is 337 g/mol. The molecule has 0 fully saturated rings. The number of hydrogen-bond acceptors (Lipinski definition) is 3. The molecular formula is C14H10BrFN2S. The molecular weight excluding hydrogens is 327 g/mol. The summed E-state index contributed by atoms with van der Waals surface area (Å²) in [6, 6.07) is 10.8. The van der Waals surface area contributed by atoms with Crippen LogP contribution < -0.4 is 5.32 Å². The molecule has 0 atom stereocenters. The third-order valence-corrected chi connectivity index (χ3v) is 4.09. The van der Waals surface area contributed by atoms with Gasteiger partial charge >= 0.3 is 0 Å². The molecule has 1 heterocycles. The van der Waals surface area contributed by atoms with E-state index in [-0.39, 0.29) is 5.82 Å². The van der Waals surface area contributed by atoms with E-state index in [0.717, 1.165) is 31.1 Å². The molecule has 0 saturated heterocycles. The van der Waals surface area contributed by atoms with Crippen LogP contribution >= 0.6 is 27.3 Å². The predicted octanol–water partition coefficient (Wildman–Crippen LogP) is 5.25. The number of aromatic nitrogens is 1. The molecule has 0 radical (unpaired) electrons. The summed E-state index contributed by atoms with van der Waals surface area (Å²) < 4.78 is 15.4. The second-order valence-corrected chi connectivity index (χ2v) is 6.22. The van der Waals surface area contributed by atoms with Gasteiger partial charge in [0.25, 0.3) is 0 Å². The Kier molecular flexibility index (Phi) is 3.24. The lowest BCUT2D eigenvalue weighted by Crippen LogP contribution is -1.91. The third kappa shape index (κ3) is 2.77. The van der Waals surface area contributed by atoms with E-state index in [9.17, 15) is 4.39 Å². The van der Waals surface area contributed by atoms with E-state index in [1.165, 1.54) is 12.1 Å². The maximum absolute atomic E-state index is 13.3. The van der Waals surface area contributed by atoms with Gasteiger partial charge in [0.05, 0.1) is 10.2 Å². The number of thiazole rings is 1. The number of benzene rings is 2. The standard InChI is InChI=1S/C14H10BrFN2S/c1-8-4-10(16)7-11(5-8)17-14-18-12-6-9(15)2-3-13(12)19-14/h2-7H,1H3,(H,17,18). The minimum Gasteiger partial charge on any atom is -0.331 e. The first-order valence-corrected chi connectivity index (χ1v) is 7.31. The van der Waals surface area contributed by atoms with Gasteiger partial charge < -0.3 is 5.32 Å². The Labute approximate surface area is 122 Å². The number of halogens is 2. The molecule has 1 N–H and O–H groups in total. The van der Waals surface area contributed by atoms with Crippen molar-refractivity contribution >= 4 is 48.3 Å². The molecule has 0 spiro atoms. The summed E-state index contributed by atoms with van der Waals surface area (Å²) in [7, 11) is 0. The van der Waals surface area contributed by atoms with E-state index in [1.807, 2.05) is 31.2 Å². The number of nitrogens with zero attached hydrogens (tertiary/aromatic N) is 1. The summed E-state index contributed by atoms with van der Waals surface area (Å²) in [6.45, 7) is 1.86. The van der Waals surface area contributed by atoms with E-state index < -0.39 is 0 Å². The zero-order valence-electron chi connectivity index (χ0n) is 10.1. The first-order chi connectivity index (χ1) is 9.10. The fourth-order valence-corrected chi connectivity index (χ4v) is 3.10. The van der Waals surface area contributed by atoms with Crippen molar-refractivity contribution in [2.45, 2.75) is 6.92 Å². The molecule has 1 aromatic heterocycles. The van der Waals surface area contributed by atoms with Crippen molar-refractivity contribution in [1.29, 1.82) is 0 Å². The van der Waals surface area contributed by atoms with Crippen LogP contribution in [0.25, 0.3) is 10.2 Å². The van der Waals surface area contributed by atoms with Crippen molar-refractivity contribution in [3.63, 3.8) is 0 Å². The second-order valence-electron chi connectivity index (χ2n) is 4.27. The van der Waals surface area contributed by atoms with Crippen LogP contribution in [-0.4, -0.2) is 4.98 Å². The third-order valence-electron chi connectivity index (χ3n) is 2.64. The molecule has 5 heteroatoms. The number of hydrogen-bond donors (Lipinski definition) is 1. The lowest BCUT2D eigenvalue weighted by molar-refractivity contribution is 0.627. The Morgan fingerprint density at radius 2 is 2.05 bits per heavy atom. The van der Waals surface area contributed by atoms with E-state index in [0.29, 0.717) is 0 Å². The maximum atomic E-state index is 13.3. The Bertz CT molecular complexity index is 734. The van der Waals surface area contributed by atoms with E-state index in [2.05, 4.69) is 26.2 Å². The van der Waals surface area contributed by atoms with Gasteiger partial charge in [-0.05, 0) is 48.9 Å². The minimum absolute atomic E-state index is 0.244. The van der Waals surface area contributed by atoms with Gasteiger partial charge in [-0.1, -0.05) is 27.3 Å². The Balaban J connectivity index is 1.96. The Morgan fingerprint density at radius 3 is 2.84 bits per heavy atom. The molecule has 0 saturated carbocycles. The topological polar surface area (TPSA) is 24.9 Å². The maximum Gasteiger partial charge on any atom is 0.188 e. The summed E-state index contributed by atoms with van der Waals surface area (Å²) in [5, 5.41) is 3.91. The van der Waals surface area contributed by atoms with E-state index in [1.54, 1.807) is 11.3 Å². The van der Waals surface area contributed by atoms with Gasteiger partial charge in [-0.3, -0.25) is 0 Å². The largest absolute Gasteiger partial charge is 0.331 e. The highest BCUT2D eigenvalue weighted by atomic mass is 79.9. The highest BCUT2D eigenvalue weighted by Crippen LogP contribution is 2.30. The molecule has 96 valence electrons. The van der Waals surface area contributed by atoms with Crippen molar-refractivity contribution in [2.75, 3.05) is 5.32 Å². The van der Waals surface area contributed by atoms with Crippen LogP contribution in [0.5, 0.6) is 0 Å². The molecule has 0 aliphatic heterocycles. The molecule has 19 heavy (non-hydrogen) atoms. The molecule has 3 aromatic rings. The van der Waals surface area contributed by atoms with Crippen LogP contribution in [0.15, 0.2) is 40.9 Å². The highest BCUT2D eigenvalue weighted by Gasteiger charge is 2.05. The Morgan fingerprint density at radius 1 is 1.21 bits per heavy atom. The summed E-state index contributed by atoms with van der Waals surface area (Å²) in [5.74, 6) is -0.244. The number of nitrogens with one attached hydrogen (secondary N) is 1. The van der Waals surface area contributed by atoms with Crippen molar-refractivity contribution < 1.29 is 4.39 Å². The zero-order chi connectivity index (χ0) is 13.4. The monoisotopic (exact) mass is 336 g/mol. The van der Waals surface area contributed by atoms with Gasteiger partial charge in [0.15, 0.2) is 5.13 Å². The van der Waals surface area contributed by atoms with Gasteiger partial charge in [-0.2, -0.15) is 0 Å². The van der Waals surface area contributed by atoms with Crippen LogP contribution in [0.4, 0.5) is 15.2 Å². The minimum atomic E-state index is -0.244. The molecule has 0 bridgehead atoms. The van der Waals surface area contributed by atoms with Crippen molar-refractivity contribution in [3.8, 4) is 0 Å². The molecule has 0 aliphatic rings. The Hall–Kier alpha value is -1.46. The highest BCUT2D eigenvalue weighted by molar-refractivity contribution is 9.10. The summed E-state index contributed by atoms with van der Waals surface area (Å²) in [6.07, 6.45) is 0. The first kappa shape index (κ1) is 12.6. The van der Waals surface area contributed by atoms with Gasteiger partial charge in [-0.15, -0.1) is 0 Å². The normalized spacial score (nSPS) is 10.9. The van der Waals surface area contributed by atoms with Crippen LogP contribution in [0.1, 0.15) is 5.56 Å². The number of anilines is 2. The van der Waals surface area contributed by atoms with Crippen LogP contribution in [0.2, 0.25) is 0 Å². The lowest BCUT2D eigenvalue weighted by Gasteiger charge is -2.03. The number of rotatable bonds is 2. The van der Waals surface area contributed by atoms with Crippen molar-refractivity contribution in [3.05, 3.63) is 52.3 Å². The molecule has 2 nitrogen and oxygen atoms in total. The van der Waals surface area contributed by atoms with Crippen LogP contribution in [0, 0.1) is 12.7 Å². The smallest absolute Gasteiger partial charge is 0.188 e. The van der Waals surface area contributed by atoms with Crippen LogP contribution in [-0.2, 0) is 0 Å². The van der Waals surface area contributed by atoms with Gasteiger partial charge in [0.2, 0.25) is 0 Å². The summed E-state index contributed by atoms with van der Waals surface area (Å²) >= 11 is 4.97. The van der Waals surface area contributed by atoms with E-state index in [4.69, 9.17) is 0 Å². The second kappa shape index (κ2) is 4.90. The van der Waals surface area contributed by atoms with Crippen molar-refractivity contribution in [2.24, 2.45) is 0 Å². The van der Waals surface area contributed by atoms with Gasteiger partial charge in [0.1, 0.15) is 5.82 Å². The fraction of sp³-hybridized carbons (Fsp3) is 0.0714. The number of aryl methyl sites for hydroxylation is 1. The molecule has 0 amide bonds. The lowest BCUT2D eigenvalue weighted by atomic mass is 10.2. The van der Waals surface area contributed by atoms with Gasteiger partial charge in [-0.25, -0.2) is 9.37 Å². The molecule has 2 aromatic carbocycles. The molecule has 0 unspecified atom stereocenters.